The van der Waals surface area contributed by atoms with E-state index < -0.39 is 0 Å². The maximum absolute atomic E-state index is 14.3. The van der Waals surface area contributed by atoms with Gasteiger partial charge in [0.2, 0.25) is 0 Å². The van der Waals surface area contributed by atoms with Crippen molar-refractivity contribution in [3.05, 3.63) is 53.4 Å². The Balaban J connectivity index is 2.43. The first-order chi connectivity index (χ1) is 9.15. The molecular formula is C15H20FN3. The molecule has 1 heterocycles. The van der Waals surface area contributed by atoms with Crippen molar-refractivity contribution in [2.75, 3.05) is 6.54 Å². The Morgan fingerprint density at radius 2 is 2.21 bits per heavy atom. The summed E-state index contributed by atoms with van der Waals surface area (Å²) in [5, 5.41) is 3.37. The van der Waals surface area contributed by atoms with Crippen molar-refractivity contribution in [3.63, 3.8) is 0 Å². The second-order valence-corrected chi connectivity index (χ2v) is 4.76. The van der Waals surface area contributed by atoms with E-state index in [0.29, 0.717) is 11.1 Å². The molecule has 1 unspecified atom stereocenters. The lowest BCUT2D eigenvalue weighted by molar-refractivity contribution is 0.517. The van der Waals surface area contributed by atoms with Crippen molar-refractivity contribution in [1.29, 1.82) is 0 Å². The van der Waals surface area contributed by atoms with Crippen LogP contribution in [0.3, 0.4) is 0 Å². The summed E-state index contributed by atoms with van der Waals surface area (Å²) in [6.07, 6.45) is 4.61. The summed E-state index contributed by atoms with van der Waals surface area (Å²) in [6.45, 7) is 4.70. The van der Waals surface area contributed by atoms with Gasteiger partial charge in [-0.3, -0.25) is 0 Å². The van der Waals surface area contributed by atoms with Crippen LogP contribution in [0.2, 0.25) is 0 Å². The van der Waals surface area contributed by atoms with Gasteiger partial charge in [0.05, 0.1) is 6.04 Å². The molecule has 0 bridgehead atoms. The molecule has 0 saturated carbocycles. The molecule has 102 valence electrons. The van der Waals surface area contributed by atoms with Crippen molar-refractivity contribution >= 4 is 0 Å². The van der Waals surface area contributed by atoms with Crippen molar-refractivity contribution in [2.45, 2.75) is 26.3 Å². The number of imidazole rings is 1. The molecule has 19 heavy (non-hydrogen) atoms. The summed E-state index contributed by atoms with van der Waals surface area (Å²) in [5.41, 5.74) is 1.32. The van der Waals surface area contributed by atoms with Gasteiger partial charge in [0, 0.05) is 25.0 Å². The van der Waals surface area contributed by atoms with Crippen LogP contribution in [0.25, 0.3) is 0 Å². The molecule has 0 aliphatic rings. The molecule has 2 rings (SSSR count). The second kappa shape index (κ2) is 5.97. The van der Waals surface area contributed by atoms with Gasteiger partial charge in [-0.2, -0.15) is 0 Å². The van der Waals surface area contributed by atoms with Gasteiger partial charge in [-0.15, -0.1) is 0 Å². The number of aryl methyl sites for hydroxylation is 2. The van der Waals surface area contributed by atoms with Gasteiger partial charge >= 0.3 is 0 Å². The van der Waals surface area contributed by atoms with Crippen LogP contribution in [0.15, 0.2) is 30.6 Å². The zero-order valence-corrected chi connectivity index (χ0v) is 11.7. The summed E-state index contributed by atoms with van der Waals surface area (Å²) in [6, 6.07) is 5.29. The van der Waals surface area contributed by atoms with E-state index >= 15 is 0 Å². The van der Waals surface area contributed by atoms with Gasteiger partial charge in [-0.05, 0) is 25.5 Å². The van der Waals surface area contributed by atoms with Gasteiger partial charge in [0.25, 0.3) is 0 Å². The number of hydrogen-bond donors (Lipinski definition) is 1. The topological polar surface area (TPSA) is 29.9 Å². The lowest BCUT2D eigenvalue weighted by Gasteiger charge is -2.20. The van der Waals surface area contributed by atoms with E-state index in [0.717, 1.165) is 18.8 Å². The third kappa shape index (κ3) is 2.84. The summed E-state index contributed by atoms with van der Waals surface area (Å²) in [4.78, 5) is 4.35. The molecule has 1 atom stereocenters. The highest BCUT2D eigenvalue weighted by Gasteiger charge is 2.21. The quantitative estimate of drug-likeness (QED) is 0.896. The summed E-state index contributed by atoms with van der Waals surface area (Å²) in [7, 11) is 1.93. The average Bonchev–Trinajstić information content (AvgIpc) is 2.81. The van der Waals surface area contributed by atoms with Crippen molar-refractivity contribution in [2.24, 2.45) is 7.05 Å². The standard InChI is InChI=1S/C15H20FN3/c1-4-8-17-14(15-18-9-10-19(15)3)12-7-5-6-11(2)13(12)16/h5-7,9-10,14,17H,4,8H2,1-3H3. The van der Waals surface area contributed by atoms with Crippen LogP contribution in [-0.4, -0.2) is 16.1 Å². The number of aromatic nitrogens is 2. The number of nitrogens with zero attached hydrogens (tertiary/aromatic N) is 2. The predicted molar refractivity (Wildman–Crippen MR) is 74.5 cm³/mol. The molecule has 0 radical (unpaired) electrons. The molecule has 2 aromatic rings. The van der Waals surface area contributed by atoms with Gasteiger partial charge in [0.1, 0.15) is 11.6 Å². The number of benzene rings is 1. The minimum Gasteiger partial charge on any atom is -0.336 e. The van der Waals surface area contributed by atoms with Crippen LogP contribution < -0.4 is 5.32 Å². The smallest absolute Gasteiger partial charge is 0.131 e. The zero-order valence-electron chi connectivity index (χ0n) is 11.7. The second-order valence-electron chi connectivity index (χ2n) is 4.76. The minimum atomic E-state index is -0.208. The molecule has 0 spiro atoms. The third-order valence-electron chi connectivity index (χ3n) is 3.25. The van der Waals surface area contributed by atoms with Crippen LogP contribution in [0.5, 0.6) is 0 Å². The lowest BCUT2D eigenvalue weighted by atomic mass is 10.0. The summed E-state index contributed by atoms with van der Waals surface area (Å²) >= 11 is 0. The first kappa shape index (κ1) is 13.7. The molecule has 1 aromatic heterocycles. The van der Waals surface area contributed by atoms with E-state index in [-0.39, 0.29) is 11.9 Å². The minimum absolute atomic E-state index is 0.154. The molecule has 0 amide bonds. The highest BCUT2D eigenvalue weighted by molar-refractivity contribution is 5.31. The maximum Gasteiger partial charge on any atom is 0.131 e. The Morgan fingerprint density at radius 1 is 1.42 bits per heavy atom. The van der Waals surface area contributed by atoms with Gasteiger partial charge in [0.15, 0.2) is 0 Å². The number of rotatable bonds is 5. The molecule has 0 saturated heterocycles. The van der Waals surface area contributed by atoms with Crippen molar-refractivity contribution < 1.29 is 4.39 Å². The molecule has 0 aliphatic heterocycles. The van der Waals surface area contributed by atoms with Crippen molar-refractivity contribution in [3.8, 4) is 0 Å². The van der Waals surface area contributed by atoms with Gasteiger partial charge < -0.3 is 9.88 Å². The molecule has 1 N–H and O–H groups in total. The fourth-order valence-corrected chi connectivity index (χ4v) is 2.18. The lowest BCUT2D eigenvalue weighted by Crippen LogP contribution is -2.26. The highest BCUT2D eigenvalue weighted by atomic mass is 19.1. The van der Waals surface area contributed by atoms with Gasteiger partial charge in [-0.1, -0.05) is 25.1 Å². The molecule has 3 nitrogen and oxygen atoms in total. The summed E-state index contributed by atoms with van der Waals surface area (Å²) < 4.78 is 16.3. The van der Waals surface area contributed by atoms with Crippen molar-refractivity contribution in [1.82, 2.24) is 14.9 Å². The van der Waals surface area contributed by atoms with Crippen LogP contribution in [0, 0.1) is 12.7 Å². The maximum atomic E-state index is 14.3. The molecule has 4 heteroatoms. The Hall–Kier alpha value is -1.68. The number of hydrogen-bond acceptors (Lipinski definition) is 2. The van der Waals surface area contributed by atoms with E-state index in [2.05, 4.69) is 17.2 Å². The summed E-state index contributed by atoms with van der Waals surface area (Å²) in [5.74, 6) is 0.678. The van der Waals surface area contributed by atoms with Crippen LogP contribution in [0.4, 0.5) is 4.39 Å². The van der Waals surface area contributed by atoms with E-state index in [1.165, 1.54) is 0 Å². The average molecular weight is 261 g/mol. The SMILES string of the molecule is CCCNC(c1cccc(C)c1F)c1nccn1C. The van der Waals surface area contributed by atoms with Gasteiger partial charge in [-0.25, -0.2) is 9.37 Å². The van der Waals surface area contributed by atoms with Crippen LogP contribution >= 0.6 is 0 Å². The monoisotopic (exact) mass is 261 g/mol. The molecule has 1 aromatic carbocycles. The van der Waals surface area contributed by atoms with Crippen LogP contribution in [0.1, 0.15) is 36.3 Å². The zero-order chi connectivity index (χ0) is 13.8. The predicted octanol–water partition coefficient (Wildman–Crippen LogP) is 2.96. The van der Waals surface area contributed by atoms with E-state index in [1.807, 2.05) is 29.9 Å². The van der Waals surface area contributed by atoms with E-state index in [4.69, 9.17) is 0 Å². The van der Waals surface area contributed by atoms with Crippen LogP contribution in [-0.2, 0) is 7.05 Å². The van der Waals surface area contributed by atoms with E-state index in [1.54, 1.807) is 19.2 Å². The fourth-order valence-electron chi connectivity index (χ4n) is 2.18. The fraction of sp³-hybridized carbons (Fsp3) is 0.400. The largest absolute Gasteiger partial charge is 0.336 e. The normalized spacial score (nSPS) is 12.6. The Morgan fingerprint density at radius 3 is 2.84 bits per heavy atom. The Labute approximate surface area is 113 Å². The number of halogens is 1. The van der Waals surface area contributed by atoms with E-state index in [9.17, 15) is 4.39 Å². The molecule has 0 fully saturated rings. The number of nitrogens with one attached hydrogen (secondary N) is 1. The highest BCUT2D eigenvalue weighted by Crippen LogP contribution is 2.24. The Kier molecular flexibility index (Phi) is 4.32. The first-order valence-electron chi connectivity index (χ1n) is 6.60. The molecular weight excluding hydrogens is 241 g/mol. The first-order valence-corrected chi connectivity index (χ1v) is 6.60. The third-order valence-corrected chi connectivity index (χ3v) is 3.25. The molecule has 0 aliphatic carbocycles. The Bertz CT molecular complexity index is 548.